The molecule has 3 heteroatoms. The first-order chi connectivity index (χ1) is 9.29. The molecule has 0 unspecified atom stereocenters. The maximum Gasteiger partial charge on any atom is 0.0976 e. The lowest BCUT2D eigenvalue weighted by atomic mass is 10.1. The molecule has 1 aliphatic rings. The van der Waals surface area contributed by atoms with Gasteiger partial charge in [-0.2, -0.15) is 0 Å². The zero-order valence-electron chi connectivity index (χ0n) is 11.5. The van der Waals surface area contributed by atoms with Crippen LogP contribution in [0.4, 0.5) is 5.69 Å². The Kier molecular flexibility index (Phi) is 3.20. The largest absolute Gasteiger partial charge is 0.352 e. The molecule has 1 aromatic heterocycles. The van der Waals surface area contributed by atoms with E-state index in [1.807, 2.05) is 0 Å². The van der Waals surface area contributed by atoms with Crippen LogP contribution in [0.25, 0.3) is 10.9 Å². The van der Waals surface area contributed by atoms with Crippen molar-refractivity contribution in [2.24, 2.45) is 9.98 Å². The SMILES string of the molecule is CCCCC1=NCC(C)=Nc2c1[nH]c1ccccc21. The minimum absolute atomic E-state index is 0.718. The highest BCUT2D eigenvalue weighted by Crippen LogP contribution is 2.33. The van der Waals surface area contributed by atoms with E-state index in [1.54, 1.807) is 0 Å². The molecule has 2 aromatic rings. The van der Waals surface area contributed by atoms with Gasteiger partial charge in [-0.05, 0) is 25.8 Å². The van der Waals surface area contributed by atoms with Gasteiger partial charge in [-0.3, -0.25) is 9.98 Å². The summed E-state index contributed by atoms with van der Waals surface area (Å²) in [5.74, 6) is 0. The second-order valence-electron chi connectivity index (χ2n) is 5.11. The Balaban J connectivity index is 2.16. The zero-order valence-corrected chi connectivity index (χ0v) is 11.5. The molecule has 1 aliphatic heterocycles. The van der Waals surface area contributed by atoms with Gasteiger partial charge >= 0.3 is 0 Å². The van der Waals surface area contributed by atoms with Crippen LogP contribution in [0.5, 0.6) is 0 Å². The predicted octanol–water partition coefficient (Wildman–Crippen LogP) is 4.25. The Hall–Kier alpha value is -1.90. The fourth-order valence-corrected chi connectivity index (χ4v) is 2.52. The normalized spacial score (nSPS) is 14.8. The van der Waals surface area contributed by atoms with Crippen molar-refractivity contribution >= 4 is 28.0 Å². The number of benzene rings is 1. The molecule has 0 bridgehead atoms. The number of para-hydroxylation sites is 1. The van der Waals surface area contributed by atoms with Crippen molar-refractivity contribution in [2.75, 3.05) is 6.54 Å². The van der Waals surface area contributed by atoms with Gasteiger partial charge in [0.25, 0.3) is 0 Å². The minimum atomic E-state index is 0.718. The van der Waals surface area contributed by atoms with E-state index in [0.29, 0.717) is 0 Å². The van der Waals surface area contributed by atoms with Crippen molar-refractivity contribution < 1.29 is 0 Å². The monoisotopic (exact) mass is 253 g/mol. The molecule has 3 nitrogen and oxygen atoms in total. The molecule has 2 heterocycles. The lowest BCUT2D eigenvalue weighted by molar-refractivity contribution is 0.832. The van der Waals surface area contributed by atoms with E-state index in [-0.39, 0.29) is 0 Å². The van der Waals surface area contributed by atoms with Crippen LogP contribution >= 0.6 is 0 Å². The molecule has 0 amide bonds. The third kappa shape index (κ3) is 2.21. The third-order valence-electron chi connectivity index (χ3n) is 3.54. The summed E-state index contributed by atoms with van der Waals surface area (Å²) in [5, 5.41) is 1.20. The second kappa shape index (κ2) is 5.00. The summed E-state index contributed by atoms with van der Waals surface area (Å²) in [6.07, 6.45) is 3.39. The molecule has 0 atom stereocenters. The molecular weight excluding hydrogens is 234 g/mol. The highest BCUT2D eigenvalue weighted by Gasteiger charge is 2.17. The number of rotatable bonds is 3. The topological polar surface area (TPSA) is 40.5 Å². The first kappa shape index (κ1) is 12.2. The number of aromatic nitrogens is 1. The molecule has 0 spiro atoms. The number of hydrogen-bond donors (Lipinski definition) is 1. The third-order valence-corrected chi connectivity index (χ3v) is 3.54. The maximum absolute atomic E-state index is 4.76. The highest BCUT2D eigenvalue weighted by atomic mass is 14.9. The summed E-state index contributed by atoms with van der Waals surface area (Å²) >= 11 is 0. The van der Waals surface area contributed by atoms with Crippen molar-refractivity contribution in [2.45, 2.75) is 33.1 Å². The van der Waals surface area contributed by atoms with Gasteiger partial charge in [0.05, 0.1) is 23.6 Å². The van der Waals surface area contributed by atoms with E-state index in [9.17, 15) is 0 Å². The molecule has 3 rings (SSSR count). The van der Waals surface area contributed by atoms with Gasteiger partial charge in [-0.25, -0.2) is 0 Å². The van der Waals surface area contributed by atoms with E-state index in [4.69, 9.17) is 9.98 Å². The van der Waals surface area contributed by atoms with E-state index in [1.165, 1.54) is 23.9 Å². The molecule has 1 N–H and O–H groups in total. The lowest BCUT2D eigenvalue weighted by Crippen LogP contribution is -2.03. The average molecular weight is 253 g/mol. The molecule has 0 saturated heterocycles. The van der Waals surface area contributed by atoms with Crippen LogP contribution in [-0.4, -0.2) is 23.0 Å². The number of nitrogens with one attached hydrogen (secondary N) is 1. The van der Waals surface area contributed by atoms with E-state index < -0.39 is 0 Å². The van der Waals surface area contributed by atoms with Crippen molar-refractivity contribution in [1.82, 2.24) is 4.98 Å². The summed E-state index contributed by atoms with van der Waals surface area (Å²) in [5.41, 5.74) is 5.59. The van der Waals surface area contributed by atoms with Crippen LogP contribution in [0, 0.1) is 0 Å². The van der Waals surface area contributed by atoms with Crippen molar-refractivity contribution in [1.29, 1.82) is 0 Å². The molecule has 0 saturated carbocycles. The Morgan fingerprint density at radius 3 is 2.95 bits per heavy atom. The second-order valence-corrected chi connectivity index (χ2v) is 5.11. The maximum atomic E-state index is 4.76. The predicted molar refractivity (Wildman–Crippen MR) is 82.0 cm³/mol. The van der Waals surface area contributed by atoms with Gasteiger partial charge in [0.2, 0.25) is 0 Å². The number of H-pyrrole nitrogens is 1. The molecule has 19 heavy (non-hydrogen) atoms. The number of unbranched alkanes of at least 4 members (excludes halogenated alkanes) is 1. The Morgan fingerprint density at radius 2 is 2.11 bits per heavy atom. The molecular formula is C16H19N3. The summed E-state index contributed by atoms with van der Waals surface area (Å²) in [6, 6.07) is 8.35. The summed E-state index contributed by atoms with van der Waals surface area (Å²) in [6.45, 7) is 4.98. The van der Waals surface area contributed by atoms with Gasteiger partial charge in [0, 0.05) is 16.6 Å². The molecule has 1 aromatic carbocycles. The molecule has 0 radical (unpaired) electrons. The van der Waals surface area contributed by atoms with E-state index in [0.717, 1.165) is 35.6 Å². The van der Waals surface area contributed by atoms with Crippen LogP contribution in [-0.2, 0) is 0 Å². The number of aliphatic imine (C=N–C) groups is 2. The fraction of sp³-hybridized carbons (Fsp3) is 0.375. The standard InChI is InChI=1S/C16H19N3/c1-3-4-8-14-16-15(18-11(2)10-17-14)12-7-5-6-9-13(12)19-16/h5-7,9,19H,3-4,8,10H2,1-2H3. The smallest absolute Gasteiger partial charge is 0.0976 e. The Morgan fingerprint density at radius 1 is 1.26 bits per heavy atom. The molecule has 0 aliphatic carbocycles. The zero-order chi connectivity index (χ0) is 13.2. The summed E-state index contributed by atoms with van der Waals surface area (Å²) in [4.78, 5) is 13.0. The van der Waals surface area contributed by atoms with Gasteiger partial charge < -0.3 is 4.98 Å². The summed E-state index contributed by atoms with van der Waals surface area (Å²) in [7, 11) is 0. The first-order valence-corrected chi connectivity index (χ1v) is 6.98. The minimum Gasteiger partial charge on any atom is -0.352 e. The summed E-state index contributed by atoms with van der Waals surface area (Å²) < 4.78 is 0. The van der Waals surface area contributed by atoms with Crippen LogP contribution in [0.1, 0.15) is 38.8 Å². The highest BCUT2D eigenvalue weighted by molar-refractivity contribution is 6.13. The van der Waals surface area contributed by atoms with Crippen LogP contribution < -0.4 is 0 Å². The number of nitrogens with zero attached hydrogens (tertiary/aromatic N) is 2. The quantitative estimate of drug-likeness (QED) is 0.849. The molecule has 0 fully saturated rings. The van der Waals surface area contributed by atoms with Crippen molar-refractivity contribution in [3.63, 3.8) is 0 Å². The first-order valence-electron chi connectivity index (χ1n) is 6.98. The number of hydrogen-bond acceptors (Lipinski definition) is 2. The van der Waals surface area contributed by atoms with Crippen LogP contribution in [0.2, 0.25) is 0 Å². The van der Waals surface area contributed by atoms with Crippen molar-refractivity contribution in [3.8, 4) is 0 Å². The fourth-order valence-electron chi connectivity index (χ4n) is 2.52. The number of aromatic amines is 1. The number of fused-ring (bicyclic) bond motifs is 3. The van der Waals surface area contributed by atoms with E-state index >= 15 is 0 Å². The van der Waals surface area contributed by atoms with Gasteiger partial charge in [-0.15, -0.1) is 0 Å². The van der Waals surface area contributed by atoms with Gasteiger partial charge in [-0.1, -0.05) is 31.5 Å². The van der Waals surface area contributed by atoms with Crippen LogP contribution in [0.15, 0.2) is 34.3 Å². The van der Waals surface area contributed by atoms with E-state index in [2.05, 4.69) is 43.1 Å². The Bertz CT molecular complexity index is 662. The van der Waals surface area contributed by atoms with Gasteiger partial charge in [0.15, 0.2) is 0 Å². The van der Waals surface area contributed by atoms with Crippen molar-refractivity contribution in [3.05, 3.63) is 30.0 Å². The van der Waals surface area contributed by atoms with Gasteiger partial charge in [0.1, 0.15) is 0 Å². The average Bonchev–Trinajstić information content (AvgIpc) is 2.70. The lowest BCUT2D eigenvalue weighted by Gasteiger charge is -2.03. The Labute approximate surface area is 113 Å². The molecule has 98 valence electrons. The van der Waals surface area contributed by atoms with Crippen LogP contribution in [0.3, 0.4) is 0 Å².